The summed E-state index contributed by atoms with van der Waals surface area (Å²) in [5.74, 6) is -0.803. The highest BCUT2D eigenvalue weighted by molar-refractivity contribution is 5.86. The maximum atomic E-state index is 10.9. The first-order valence-electron chi connectivity index (χ1n) is 6.35. The molecule has 0 radical (unpaired) electrons. The van der Waals surface area contributed by atoms with Crippen molar-refractivity contribution >= 4 is 17.5 Å². The minimum Gasteiger partial charge on any atom is -0.477 e. The largest absolute Gasteiger partial charge is 0.477 e. The van der Waals surface area contributed by atoms with Crippen molar-refractivity contribution in [1.29, 1.82) is 0 Å². The van der Waals surface area contributed by atoms with Crippen molar-refractivity contribution in [2.24, 2.45) is 5.92 Å². The van der Waals surface area contributed by atoms with Crippen LogP contribution >= 0.6 is 0 Å². The second-order valence-electron chi connectivity index (χ2n) is 4.66. The van der Waals surface area contributed by atoms with Crippen molar-refractivity contribution < 1.29 is 14.8 Å². The Morgan fingerprint density at radius 3 is 2.90 bits per heavy atom. The Hall–Kier alpha value is -2.44. The molecule has 0 spiro atoms. The van der Waals surface area contributed by atoms with Crippen LogP contribution in [0.25, 0.3) is 0 Å². The Labute approximate surface area is 115 Å². The summed E-state index contributed by atoms with van der Waals surface area (Å²) in [7, 11) is 0. The van der Waals surface area contributed by atoms with Crippen molar-refractivity contribution in [3.63, 3.8) is 0 Å². The van der Waals surface area contributed by atoms with E-state index < -0.39 is 10.9 Å². The van der Waals surface area contributed by atoms with E-state index in [9.17, 15) is 14.9 Å². The van der Waals surface area contributed by atoms with Crippen molar-refractivity contribution in [1.82, 2.24) is 4.98 Å². The lowest BCUT2D eigenvalue weighted by molar-refractivity contribution is -0.384. The molecular weight excluding hydrogens is 262 g/mol. The van der Waals surface area contributed by atoms with Gasteiger partial charge in [-0.2, -0.15) is 0 Å². The fraction of sp³-hybridized carbons (Fsp3) is 0.385. The zero-order valence-corrected chi connectivity index (χ0v) is 10.8. The zero-order valence-electron chi connectivity index (χ0n) is 10.8. The van der Waals surface area contributed by atoms with E-state index in [4.69, 9.17) is 5.11 Å². The monoisotopic (exact) mass is 277 g/mol. The molecule has 0 bridgehead atoms. The molecule has 7 nitrogen and oxygen atoms in total. The van der Waals surface area contributed by atoms with Crippen LogP contribution in [0.4, 0.5) is 11.5 Å². The summed E-state index contributed by atoms with van der Waals surface area (Å²) in [5.41, 5.74) is -0.414. The maximum Gasteiger partial charge on any atom is 0.354 e. The number of carboxylic acids is 1. The van der Waals surface area contributed by atoms with Crippen LogP contribution in [0.5, 0.6) is 0 Å². The number of hydrogen-bond acceptors (Lipinski definition) is 5. The van der Waals surface area contributed by atoms with Gasteiger partial charge in [0.1, 0.15) is 0 Å². The molecule has 1 unspecified atom stereocenters. The average molecular weight is 277 g/mol. The molecule has 0 aromatic carbocycles. The molecule has 0 fully saturated rings. The van der Waals surface area contributed by atoms with Crippen LogP contribution in [0.3, 0.4) is 0 Å². The molecule has 1 aliphatic rings. The molecule has 1 aromatic rings. The van der Waals surface area contributed by atoms with Gasteiger partial charge in [-0.3, -0.25) is 10.1 Å². The first kappa shape index (κ1) is 14.0. The minimum atomic E-state index is -1.21. The Morgan fingerprint density at radius 1 is 1.50 bits per heavy atom. The van der Waals surface area contributed by atoms with Gasteiger partial charge in [0.05, 0.1) is 4.92 Å². The number of allylic oxidation sites excluding steroid dienone is 2. The van der Waals surface area contributed by atoms with Crippen LogP contribution in [-0.2, 0) is 0 Å². The Bertz CT molecular complexity index is 557. The SMILES string of the molecule is O=C(O)c1ccc([N+](=O)[O-])c(NCC2CC=CCC2)n1. The van der Waals surface area contributed by atoms with E-state index in [1.54, 1.807) is 0 Å². The van der Waals surface area contributed by atoms with E-state index >= 15 is 0 Å². The fourth-order valence-corrected chi connectivity index (χ4v) is 2.13. The standard InChI is InChI=1S/C13H15N3O4/c17-13(18)10-6-7-11(16(19)20)12(15-10)14-8-9-4-2-1-3-5-9/h1-2,6-7,9H,3-5,8H2,(H,14,15)(H,17,18). The van der Waals surface area contributed by atoms with E-state index in [-0.39, 0.29) is 17.2 Å². The number of nitrogens with one attached hydrogen (secondary N) is 1. The van der Waals surface area contributed by atoms with Gasteiger partial charge in [-0.25, -0.2) is 9.78 Å². The number of pyridine rings is 1. The van der Waals surface area contributed by atoms with Crippen molar-refractivity contribution in [3.05, 3.63) is 40.1 Å². The van der Waals surface area contributed by atoms with Crippen LogP contribution in [0, 0.1) is 16.0 Å². The van der Waals surface area contributed by atoms with Crippen LogP contribution in [0.15, 0.2) is 24.3 Å². The normalized spacial score (nSPS) is 17.7. The number of rotatable bonds is 5. The third-order valence-electron chi connectivity index (χ3n) is 3.23. The predicted molar refractivity (Wildman–Crippen MR) is 72.8 cm³/mol. The first-order chi connectivity index (χ1) is 9.58. The summed E-state index contributed by atoms with van der Waals surface area (Å²) < 4.78 is 0. The van der Waals surface area contributed by atoms with E-state index in [0.717, 1.165) is 25.3 Å². The maximum absolute atomic E-state index is 10.9. The third kappa shape index (κ3) is 3.31. The summed E-state index contributed by atoms with van der Waals surface area (Å²) in [6, 6.07) is 2.30. The van der Waals surface area contributed by atoms with Gasteiger partial charge in [0, 0.05) is 12.6 Å². The van der Waals surface area contributed by atoms with Gasteiger partial charge in [0.15, 0.2) is 5.69 Å². The molecule has 20 heavy (non-hydrogen) atoms. The number of aromatic carboxylic acids is 1. The van der Waals surface area contributed by atoms with Crippen LogP contribution < -0.4 is 5.32 Å². The first-order valence-corrected chi connectivity index (χ1v) is 6.35. The molecule has 7 heteroatoms. The van der Waals surface area contributed by atoms with Crippen LogP contribution in [-0.4, -0.2) is 27.5 Å². The van der Waals surface area contributed by atoms with Crippen LogP contribution in [0.1, 0.15) is 29.8 Å². The summed E-state index contributed by atoms with van der Waals surface area (Å²) >= 11 is 0. The third-order valence-corrected chi connectivity index (χ3v) is 3.23. The van der Waals surface area contributed by atoms with E-state index in [1.165, 1.54) is 6.07 Å². The van der Waals surface area contributed by atoms with Crippen molar-refractivity contribution in [2.45, 2.75) is 19.3 Å². The van der Waals surface area contributed by atoms with Gasteiger partial charge < -0.3 is 10.4 Å². The quantitative estimate of drug-likeness (QED) is 0.486. The topological polar surface area (TPSA) is 105 Å². The van der Waals surface area contributed by atoms with Crippen molar-refractivity contribution in [2.75, 3.05) is 11.9 Å². The molecule has 106 valence electrons. The van der Waals surface area contributed by atoms with Crippen molar-refractivity contribution in [3.8, 4) is 0 Å². The Morgan fingerprint density at radius 2 is 2.30 bits per heavy atom. The lowest BCUT2D eigenvalue weighted by Gasteiger charge is -2.18. The minimum absolute atomic E-state index is 0.0180. The van der Waals surface area contributed by atoms with Gasteiger partial charge >= 0.3 is 11.7 Å². The number of nitrogens with zero attached hydrogens (tertiary/aromatic N) is 2. The molecule has 1 aromatic heterocycles. The number of nitro groups is 1. The van der Waals surface area contributed by atoms with Gasteiger partial charge in [0.25, 0.3) is 0 Å². The predicted octanol–water partition coefficient (Wildman–Crippen LogP) is 2.46. The Balaban J connectivity index is 2.14. The Kier molecular flexibility index (Phi) is 4.29. The molecule has 1 aliphatic carbocycles. The number of hydrogen-bond donors (Lipinski definition) is 2. The smallest absolute Gasteiger partial charge is 0.354 e. The molecule has 0 saturated carbocycles. The van der Waals surface area contributed by atoms with Crippen LogP contribution in [0.2, 0.25) is 0 Å². The molecule has 1 heterocycles. The lowest BCUT2D eigenvalue weighted by atomic mass is 9.94. The number of carboxylic acid groups (broad SMARTS) is 1. The second kappa shape index (κ2) is 6.14. The summed E-state index contributed by atoms with van der Waals surface area (Å²) in [6.45, 7) is 0.543. The van der Waals surface area contributed by atoms with Gasteiger partial charge in [-0.1, -0.05) is 12.2 Å². The lowest BCUT2D eigenvalue weighted by Crippen LogP contribution is -2.17. The summed E-state index contributed by atoms with van der Waals surface area (Å²) in [5, 5.41) is 22.7. The molecular formula is C13H15N3O4. The molecule has 2 rings (SSSR count). The summed E-state index contributed by atoms with van der Waals surface area (Å²) in [4.78, 5) is 25.0. The highest BCUT2D eigenvalue weighted by atomic mass is 16.6. The fourth-order valence-electron chi connectivity index (χ4n) is 2.13. The van der Waals surface area contributed by atoms with E-state index in [2.05, 4.69) is 22.5 Å². The molecule has 0 aliphatic heterocycles. The number of carbonyl (C=O) groups is 1. The summed E-state index contributed by atoms with van der Waals surface area (Å²) in [6.07, 6.45) is 7.12. The number of anilines is 1. The highest BCUT2D eigenvalue weighted by Crippen LogP contribution is 2.24. The zero-order chi connectivity index (χ0) is 14.5. The molecule has 0 saturated heterocycles. The molecule has 2 N–H and O–H groups in total. The van der Waals surface area contributed by atoms with E-state index in [0.29, 0.717) is 12.5 Å². The molecule has 0 amide bonds. The van der Waals surface area contributed by atoms with Gasteiger partial charge in [-0.15, -0.1) is 0 Å². The highest BCUT2D eigenvalue weighted by Gasteiger charge is 2.19. The average Bonchev–Trinajstić information content (AvgIpc) is 2.45. The number of aromatic nitrogens is 1. The van der Waals surface area contributed by atoms with Gasteiger partial charge in [-0.05, 0) is 31.2 Å². The van der Waals surface area contributed by atoms with Gasteiger partial charge in [0.2, 0.25) is 5.82 Å². The molecule has 1 atom stereocenters. The second-order valence-corrected chi connectivity index (χ2v) is 4.66. The van der Waals surface area contributed by atoms with E-state index in [1.807, 2.05) is 0 Å².